The van der Waals surface area contributed by atoms with Crippen molar-refractivity contribution in [1.82, 2.24) is 20.4 Å². The SMILES string of the molecule is C=CC(=O)N1CCC2OCCN(C3=C4C=CNC4NC=N3)C2C1. The predicted molar refractivity (Wildman–Crippen MR) is 86.3 cm³/mol. The molecule has 0 aromatic heterocycles. The van der Waals surface area contributed by atoms with Gasteiger partial charge in [-0.3, -0.25) is 4.79 Å². The first-order valence-electron chi connectivity index (χ1n) is 8.03. The van der Waals surface area contributed by atoms with Crippen LogP contribution in [0.3, 0.4) is 0 Å². The summed E-state index contributed by atoms with van der Waals surface area (Å²) in [7, 11) is 0. The number of likely N-dealkylation sites (tertiary alicyclic amines) is 1. The third kappa shape index (κ3) is 2.41. The molecule has 7 heteroatoms. The van der Waals surface area contributed by atoms with Crippen LogP contribution >= 0.6 is 0 Å². The standard InChI is InChI=1S/C16H21N5O2/c1-2-14(22)20-6-4-13-12(9-20)21(7-8-23-13)16-11-3-5-17-15(11)18-10-19-16/h2-3,5,10,12-13,15,17H,1,4,6-9H2,(H,18,19). The van der Waals surface area contributed by atoms with Crippen LogP contribution in [0.5, 0.6) is 0 Å². The molecule has 3 unspecified atom stereocenters. The van der Waals surface area contributed by atoms with E-state index in [1.54, 1.807) is 6.34 Å². The smallest absolute Gasteiger partial charge is 0.246 e. The Balaban J connectivity index is 1.62. The van der Waals surface area contributed by atoms with E-state index in [9.17, 15) is 4.79 Å². The van der Waals surface area contributed by atoms with Crippen LogP contribution in [0.1, 0.15) is 6.42 Å². The van der Waals surface area contributed by atoms with Crippen molar-refractivity contribution >= 4 is 12.2 Å². The van der Waals surface area contributed by atoms with Crippen molar-refractivity contribution < 1.29 is 9.53 Å². The quantitative estimate of drug-likeness (QED) is 0.689. The molecule has 3 atom stereocenters. The van der Waals surface area contributed by atoms with Crippen LogP contribution in [0.25, 0.3) is 0 Å². The number of hydrogen-bond acceptors (Lipinski definition) is 6. The maximum Gasteiger partial charge on any atom is 0.246 e. The van der Waals surface area contributed by atoms with Crippen LogP contribution in [-0.2, 0) is 9.53 Å². The second-order valence-electron chi connectivity index (χ2n) is 6.08. The van der Waals surface area contributed by atoms with E-state index in [0.717, 1.165) is 30.9 Å². The van der Waals surface area contributed by atoms with Gasteiger partial charge in [0.1, 0.15) is 12.0 Å². The number of nitrogens with one attached hydrogen (secondary N) is 2. The number of fused-ring (bicyclic) bond motifs is 2. The highest BCUT2D eigenvalue weighted by molar-refractivity contribution is 5.87. The van der Waals surface area contributed by atoms with Gasteiger partial charge < -0.3 is 25.2 Å². The van der Waals surface area contributed by atoms with Gasteiger partial charge in [0.15, 0.2) is 0 Å². The van der Waals surface area contributed by atoms with Crippen molar-refractivity contribution in [3.05, 3.63) is 36.3 Å². The molecule has 23 heavy (non-hydrogen) atoms. The highest BCUT2D eigenvalue weighted by atomic mass is 16.5. The molecule has 122 valence electrons. The zero-order valence-corrected chi connectivity index (χ0v) is 12.9. The fraction of sp³-hybridized carbons (Fsp3) is 0.500. The molecule has 0 aromatic carbocycles. The molecule has 0 spiro atoms. The maximum absolute atomic E-state index is 12.0. The van der Waals surface area contributed by atoms with Crippen molar-refractivity contribution in [3.8, 4) is 0 Å². The molecule has 4 aliphatic rings. The maximum atomic E-state index is 12.0. The molecule has 0 bridgehead atoms. The molecule has 2 fully saturated rings. The number of nitrogens with zero attached hydrogens (tertiary/aromatic N) is 3. The summed E-state index contributed by atoms with van der Waals surface area (Å²) in [4.78, 5) is 20.7. The number of piperidine rings is 1. The molecule has 0 aromatic rings. The number of ether oxygens (including phenoxy) is 1. The number of carbonyl (C=O) groups is 1. The molecule has 4 heterocycles. The molecule has 4 rings (SSSR count). The first-order chi connectivity index (χ1) is 11.3. The number of aliphatic imine (C=N–C) groups is 1. The second kappa shape index (κ2) is 5.73. The number of morpholine rings is 1. The van der Waals surface area contributed by atoms with Gasteiger partial charge in [0.25, 0.3) is 0 Å². The minimum Gasteiger partial charge on any atom is -0.374 e. The lowest BCUT2D eigenvalue weighted by atomic mass is 9.98. The lowest BCUT2D eigenvalue weighted by Crippen LogP contribution is -2.60. The third-order valence-electron chi connectivity index (χ3n) is 4.87. The van der Waals surface area contributed by atoms with Crippen LogP contribution in [0.15, 0.2) is 41.3 Å². The van der Waals surface area contributed by atoms with Crippen molar-refractivity contribution in [3.63, 3.8) is 0 Å². The molecule has 0 aliphatic carbocycles. The molecule has 7 nitrogen and oxygen atoms in total. The lowest BCUT2D eigenvalue weighted by molar-refractivity contribution is -0.136. The minimum atomic E-state index is -0.0132. The Kier molecular flexibility index (Phi) is 3.57. The highest BCUT2D eigenvalue weighted by Gasteiger charge is 2.40. The summed E-state index contributed by atoms with van der Waals surface area (Å²) in [6, 6.07) is 0.133. The van der Waals surface area contributed by atoms with Gasteiger partial charge in [0, 0.05) is 25.2 Å². The zero-order valence-electron chi connectivity index (χ0n) is 12.9. The summed E-state index contributed by atoms with van der Waals surface area (Å²) in [6.07, 6.45) is 8.20. The number of rotatable bonds is 2. The van der Waals surface area contributed by atoms with E-state index in [2.05, 4.69) is 33.2 Å². The van der Waals surface area contributed by atoms with Crippen LogP contribution in [0.2, 0.25) is 0 Å². The predicted octanol–water partition coefficient (Wildman–Crippen LogP) is -0.240. The van der Waals surface area contributed by atoms with Crippen LogP contribution < -0.4 is 10.6 Å². The van der Waals surface area contributed by atoms with Gasteiger partial charge in [0.2, 0.25) is 5.91 Å². The lowest BCUT2D eigenvalue weighted by Gasteiger charge is -2.48. The van der Waals surface area contributed by atoms with Gasteiger partial charge in [-0.15, -0.1) is 0 Å². The van der Waals surface area contributed by atoms with Crippen LogP contribution in [0, 0.1) is 0 Å². The number of amides is 1. The van der Waals surface area contributed by atoms with Crippen molar-refractivity contribution in [2.24, 2.45) is 4.99 Å². The fourth-order valence-corrected chi connectivity index (χ4v) is 3.71. The molecule has 2 saturated heterocycles. The van der Waals surface area contributed by atoms with E-state index in [1.807, 2.05) is 11.1 Å². The Morgan fingerprint density at radius 3 is 3.22 bits per heavy atom. The minimum absolute atomic E-state index is 0.0132. The van der Waals surface area contributed by atoms with E-state index < -0.39 is 0 Å². The number of hydrogen-bond donors (Lipinski definition) is 2. The summed E-state index contributed by atoms with van der Waals surface area (Å²) >= 11 is 0. The second-order valence-corrected chi connectivity index (χ2v) is 6.08. The summed E-state index contributed by atoms with van der Waals surface area (Å²) in [5.74, 6) is 0.960. The van der Waals surface area contributed by atoms with Gasteiger partial charge in [0.05, 0.1) is 25.1 Å². The van der Waals surface area contributed by atoms with Gasteiger partial charge in [-0.2, -0.15) is 0 Å². The molecular weight excluding hydrogens is 294 g/mol. The number of carbonyl (C=O) groups excluding carboxylic acids is 1. The first-order valence-corrected chi connectivity index (χ1v) is 8.03. The highest BCUT2D eigenvalue weighted by Crippen LogP contribution is 2.30. The molecular formula is C16H21N5O2. The van der Waals surface area contributed by atoms with E-state index in [-0.39, 0.29) is 24.2 Å². The van der Waals surface area contributed by atoms with E-state index in [0.29, 0.717) is 13.2 Å². The van der Waals surface area contributed by atoms with E-state index >= 15 is 0 Å². The van der Waals surface area contributed by atoms with Gasteiger partial charge >= 0.3 is 0 Å². The summed E-state index contributed by atoms with van der Waals surface area (Å²) in [5, 5.41) is 6.46. The normalized spacial score (nSPS) is 32.1. The van der Waals surface area contributed by atoms with Crippen LogP contribution in [0.4, 0.5) is 0 Å². The Morgan fingerprint density at radius 2 is 2.35 bits per heavy atom. The average molecular weight is 315 g/mol. The largest absolute Gasteiger partial charge is 0.374 e. The van der Waals surface area contributed by atoms with Crippen LogP contribution in [-0.4, -0.2) is 66.6 Å². The first kappa shape index (κ1) is 14.3. The molecule has 0 saturated carbocycles. The third-order valence-corrected chi connectivity index (χ3v) is 4.87. The summed E-state index contributed by atoms with van der Waals surface area (Å²) in [5.41, 5.74) is 1.14. The summed E-state index contributed by atoms with van der Waals surface area (Å²) < 4.78 is 5.95. The molecule has 4 aliphatic heterocycles. The Labute approximate surface area is 135 Å². The van der Waals surface area contributed by atoms with E-state index in [1.165, 1.54) is 6.08 Å². The Morgan fingerprint density at radius 1 is 1.43 bits per heavy atom. The van der Waals surface area contributed by atoms with Gasteiger partial charge in [-0.05, 0) is 24.8 Å². The van der Waals surface area contributed by atoms with Crippen molar-refractivity contribution in [2.75, 3.05) is 26.2 Å². The topological polar surface area (TPSA) is 69.2 Å². The molecule has 2 N–H and O–H groups in total. The van der Waals surface area contributed by atoms with Crippen molar-refractivity contribution in [2.45, 2.75) is 24.7 Å². The zero-order chi connectivity index (χ0) is 15.8. The van der Waals surface area contributed by atoms with Crippen molar-refractivity contribution in [1.29, 1.82) is 0 Å². The Hall–Kier alpha value is -2.28. The molecule has 0 radical (unpaired) electrons. The monoisotopic (exact) mass is 315 g/mol. The summed E-state index contributed by atoms with van der Waals surface area (Å²) in [6.45, 7) is 6.45. The van der Waals surface area contributed by atoms with Gasteiger partial charge in [-0.1, -0.05) is 6.58 Å². The molecule has 1 amide bonds. The Bertz CT molecular complexity index is 612. The fourth-order valence-electron chi connectivity index (χ4n) is 3.71. The van der Waals surface area contributed by atoms with E-state index in [4.69, 9.17) is 4.74 Å². The van der Waals surface area contributed by atoms with Gasteiger partial charge in [-0.25, -0.2) is 4.99 Å². The average Bonchev–Trinajstić information content (AvgIpc) is 3.09.